The second-order valence-corrected chi connectivity index (χ2v) is 10.1. The van der Waals surface area contributed by atoms with Crippen molar-refractivity contribution in [2.24, 2.45) is 7.05 Å². The molecule has 10 heteroatoms. The minimum Gasteiger partial charge on any atom is -0.369 e. The Hall–Kier alpha value is -2.98. The van der Waals surface area contributed by atoms with Gasteiger partial charge in [0.25, 0.3) is 15.9 Å². The molecule has 4 rings (SSSR count). The van der Waals surface area contributed by atoms with E-state index in [9.17, 15) is 13.2 Å². The second-order valence-electron chi connectivity index (χ2n) is 8.28. The minimum atomic E-state index is -3.94. The van der Waals surface area contributed by atoms with Crippen molar-refractivity contribution in [3.05, 3.63) is 58.5 Å². The largest absolute Gasteiger partial charge is 0.369 e. The van der Waals surface area contributed by atoms with Crippen LogP contribution in [-0.4, -0.2) is 64.4 Å². The number of hydrogen-bond donors (Lipinski definition) is 0. The molecule has 0 radical (unpaired) electrons. The lowest BCUT2D eigenvalue weighted by molar-refractivity contribution is 0.0938. The molecule has 0 amide bonds. The van der Waals surface area contributed by atoms with Gasteiger partial charge in [-0.2, -0.15) is 14.5 Å². The maximum atomic E-state index is 13.5. The van der Waals surface area contributed by atoms with Crippen molar-refractivity contribution in [2.45, 2.75) is 32.7 Å². The molecule has 0 spiro atoms. The molecule has 1 aliphatic rings. The van der Waals surface area contributed by atoms with E-state index in [0.717, 1.165) is 5.69 Å². The predicted octanol–water partition coefficient (Wildman–Crippen LogP) is 2.05. The van der Waals surface area contributed by atoms with Crippen LogP contribution in [0.25, 0.3) is 0 Å². The summed E-state index contributed by atoms with van der Waals surface area (Å²) in [6, 6.07) is 7.93. The molecule has 1 fully saturated rings. The molecule has 1 saturated heterocycles. The summed E-state index contributed by atoms with van der Waals surface area (Å²) in [5, 5.41) is 8.14. The van der Waals surface area contributed by atoms with Crippen molar-refractivity contribution in [3.63, 3.8) is 0 Å². The smallest absolute Gasteiger partial charge is 0.283 e. The number of piperazine rings is 1. The van der Waals surface area contributed by atoms with Gasteiger partial charge >= 0.3 is 0 Å². The normalized spacial score (nSPS) is 15.3. The summed E-state index contributed by atoms with van der Waals surface area (Å²) in [7, 11) is -2.34. The Labute approximate surface area is 188 Å². The van der Waals surface area contributed by atoms with Crippen LogP contribution in [0, 0.1) is 27.7 Å². The maximum Gasteiger partial charge on any atom is 0.283 e. The SMILES string of the molecule is Cc1cc(C)n(C(=O)c2cn(C)nc2S(=O)(=O)N2CCN(c3cccc(C)c3C)CC2)n1. The lowest BCUT2D eigenvalue weighted by Crippen LogP contribution is -2.49. The molecule has 0 aliphatic carbocycles. The van der Waals surface area contributed by atoms with Crippen LogP contribution in [0.5, 0.6) is 0 Å². The lowest BCUT2D eigenvalue weighted by Gasteiger charge is -2.36. The van der Waals surface area contributed by atoms with Gasteiger partial charge in [-0.1, -0.05) is 12.1 Å². The molecule has 3 heterocycles. The fourth-order valence-corrected chi connectivity index (χ4v) is 5.66. The van der Waals surface area contributed by atoms with E-state index in [0.29, 0.717) is 37.6 Å². The van der Waals surface area contributed by atoms with E-state index in [1.54, 1.807) is 27.0 Å². The molecule has 0 unspecified atom stereocenters. The fourth-order valence-electron chi connectivity index (χ4n) is 4.12. The number of hydrogen-bond acceptors (Lipinski definition) is 6. The number of aryl methyl sites for hydroxylation is 4. The van der Waals surface area contributed by atoms with Crippen LogP contribution in [0.15, 0.2) is 35.5 Å². The van der Waals surface area contributed by atoms with Crippen molar-refractivity contribution >= 4 is 21.6 Å². The first-order valence-corrected chi connectivity index (χ1v) is 12.0. The molecule has 9 nitrogen and oxygen atoms in total. The van der Waals surface area contributed by atoms with Crippen LogP contribution >= 0.6 is 0 Å². The molecule has 0 bridgehead atoms. The Balaban J connectivity index is 1.59. The Kier molecular flexibility index (Phi) is 5.68. The number of anilines is 1. The molecule has 3 aromatic rings. The van der Waals surface area contributed by atoms with Crippen LogP contribution in [0.4, 0.5) is 5.69 Å². The van der Waals surface area contributed by atoms with Crippen molar-refractivity contribution in [2.75, 3.05) is 31.1 Å². The highest BCUT2D eigenvalue weighted by molar-refractivity contribution is 7.89. The summed E-state index contributed by atoms with van der Waals surface area (Å²) < 4.78 is 30.9. The van der Waals surface area contributed by atoms with Gasteiger partial charge in [0.2, 0.25) is 5.03 Å². The molecular weight excluding hydrogens is 428 g/mol. The number of benzene rings is 1. The van der Waals surface area contributed by atoms with Gasteiger partial charge in [-0.15, -0.1) is 0 Å². The minimum absolute atomic E-state index is 0.0238. The van der Waals surface area contributed by atoms with E-state index in [1.165, 1.54) is 31.0 Å². The molecule has 1 aromatic carbocycles. The Morgan fingerprint density at radius 1 is 1.00 bits per heavy atom. The number of carbonyl (C=O) groups excluding carboxylic acids is 1. The van der Waals surface area contributed by atoms with Gasteiger partial charge in [0.05, 0.1) is 5.69 Å². The summed E-state index contributed by atoms with van der Waals surface area (Å²) in [6.07, 6.45) is 1.44. The number of aromatic nitrogens is 4. The summed E-state index contributed by atoms with van der Waals surface area (Å²) in [6.45, 7) is 9.47. The van der Waals surface area contributed by atoms with E-state index in [-0.39, 0.29) is 10.6 Å². The summed E-state index contributed by atoms with van der Waals surface area (Å²) in [4.78, 5) is 15.3. The van der Waals surface area contributed by atoms with Gasteiger partial charge in [0.1, 0.15) is 5.56 Å². The highest BCUT2D eigenvalue weighted by Gasteiger charge is 2.35. The van der Waals surface area contributed by atoms with Crippen molar-refractivity contribution in [1.29, 1.82) is 0 Å². The third-order valence-electron chi connectivity index (χ3n) is 5.97. The van der Waals surface area contributed by atoms with Crippen molar-refractivity contribution < 1.29 is 13.2 Å². The molecule has 0 atom stereocenters. The lowest BCUT2D eigenvalue weighted by atomic mass is 10.1. The average molecular weight is 457 g/mol. The van der Waals surface area contributed by atoms with Crippen LogP contribution in [-0.2, 0) is 17.1 Å². The van der Waals surface area contributed by atoms with E-state index < -0.39 is 15.9 Å². The van der Waals surface area contributed by atoms with Crippen molar-refractivity contribution in [1.82, 2.24) is 23.9 Å². The summed E-state index contributed by atoms with van der Waals surface area (Å²) >= 11 is 0. The maximum absolute atomic E-state index is 13.5. The van der Waals surface area contributed by atoms with Crippen LogP contribution in [0.2, 0.25) is 0 Å². The van der Waals surface area contributed by atoms with Gasteiger partial charge in [-0.25, -0.2) is 13.1 Å². The molecular formula is C22H28N6O3S. The van der Waals surface area contributed by atoms with E-state index in [1.807, 2.05) is 6.07 Å². The van der Waals surface area contributed by atoms with E-state index in [4.69, 9.17) is 0 Å². The Morgan fingerprint density at radius 2 is 1.69 bits per heavy atom. The first kappa shape index (κ1) is 22.2. The average Bonchev–Trinajstić information content (AvgIpc) is 3.31. The topological polar surface area (TPSA) is 93.3 Å². The van der Waals surface area contributed by atoms with Crippen molar-refractivity contribution in [3.8, 4) is 0 Å². The zero-order valence-electron chi connectivity index (χ0n) is 19.0. The number of rotatable bonds is 4. The third-order valence-corrected chi connectivity index (χ3v) is 7.80. The van der Waals surface area contributed by atoms with E-state index >= 15 is 0 Å². The summed E-state index contributed by atoms with van der Waals surface area (Å²) in [5.74, 6) is -0.503. The molecule has 2 aromatic heterocycles. The molecule has 170 valence electrons. The van der Waals surface area contributed by atoms with Gasteiger partial charge in [-0.3, -0.25) is 9.48 Å². The van der Waals surface area contributed by atoms with Gasteiger partial charge in [0.15, 0.2) is 0 Å². The highest BCUT2D eigenvalue weighted by atomic mass is 32.2. The first-order valence-electron chi connectivity index (χ1n) is 10.5. The summed E-state index contributed by atoms with van der Waals surface area (Å²) in [5.41, 5.74) is 4.88. The molecule has 1 aliphatic heterocycles. The standard InChI is InChI=1S/C22H28N6O3S/c1-15-7-6-8-20(18(15)4)26-9-11-27(12-10-26)32(30,31)21-19(14-25(5)24-21)22(29)28-17(3)13-16(2)23-28/h6-8,13-14H,9-12H2,1-5H3. The van der Waals surface area contributed by atoms with Crippen LogP contribution in [0.1, 0.15) is 32.9 Å². The number of carbonyl (C=O) groups is 1. The quantitative estimate of drug-likeness (QED) is 0.597. The highest BCUT2D eigenvalue weighted by Crippen LogP contribution is 2.26. The molecule has 0 saturated carbocycles. The Morgan fingerprint density at radius 3 is 2.31 bits per heavy atom. The monoisotopic (exact) mass is 456 g/mol. The van der Waals surface area contributed by atoms with Crippen LogP contribution < -0.4 is 4.90 Å². The molecule has 0 N–H and O–H groups in total. The van der Waals surface area contributed by atoms with E-state index in [2.05, 4.69) is 41.1 Å². The second kappa shape index (κ2) is 8.18. The van der Waals surface area contributed by atoms with Crippen LogP contribution in [0.3, 0.4) is 0 Å². The first-order chi connectivity index (χ1) is 15.1. The molecule has 32 heavy (non-hydrogen) atoms. The number of nitrogens with zero attached hydrogens (tertiary/aromatic N) is 6. The Bertz CT molecular complexity index is 1280. The van der Waals surface area contributed by atoms with Gasteiger partial charge < -0.3 is 4.90 Å². The predicted molar refractivity (Wildman–Crippen MR) is 122 cm³/mol. The van der Waals surface area contributed by atoms with Gasteiger partial charge in [-0.05, 0) is 51.0 Å². The van der Waals surface area contributed by atoms with Gasteiger partial charge in [0, 0.05) is 50.8 Å². The fraction of sp³-hybridized carbons (Fsp3) is 0.409. The third kappa shape index (κ3) is 3.84. The zero-order valence-corrected chi connectivity index (χ0v) is 19.8. The number of sulfonamides is 1. The zero-order chi connectivity index (χ0) is 23.2.